The van der Waals surface area contributed by atoms with Crippen molar-refractivity contribution >= 4 is 11.7 Å². The highest BCUT2D eigenvalue weighted by atomic mass is 16.2. The molecule has 6 heteroatoms. The number of urea groups is 1. The van der Waals surface area contributed by atoms with Crippen molar-refractivity contribution in [1.29, 1.82) is 0 Å². The van der Waals surface area contributed by atoms with Gasteiger partial charge in [-0.1, -0.05) is 25.3 Å². The summed E-state index contributed by atoms with van der Waals surface area (Å²) in [5, 5.41) is 7.33. The van der Waals surface area contributed by atoms with E-state index in [0.717, 1.165) is 29.8 Å². The molecule has 1 N–H and O–H groups in total. The lowest BCUT2D eigenvalue weighted by Crippen LogP contribution is -2.43. The summed E-state index contributed by atoms with van der Waals surface area (Å²) in [5.74, 6) is 0. The molecule has 24 heavy (non-hydrogen) atoms. The van der Waals surface area contributed by atoms with Gasteiger partial charge in [0.25, 0.3) is 0 Å². The number of carbonyl (C=O) groups is 1. The predicted molar refractivity (Wildman–Crippen MR) is 93.6 cm³/mol. The molecule has 2 aromatic heterocycles. The van der Waals surface area contributed by atoms with Gasteiger partial charge < -0.3 is 10.2 Å². The largest absolute Gasteiger partial charge is 0.322 e. The zero-order chi connectivity index (χ0) is 16.9. The van der Waals surface area contributed by atoms with Gasteiger partial charge in [-0.3, -0.25) is 9.67 Å². The first-order valence-corrected chi connectivity index (χ1v) is 8.60. The van der Waals surface area contributed by atoms with Gasteiger partial charge in [0.2, 0.25) is 0 Å². The van der Waals surface area contributed by atoms with Crippen LogP contribution in [0.2, 0.25) is 0 Å². The molecule has 2 heterocycles. The average molecular weight is 327 g/mol. The number of nitrogens with zero attached hydrogens (tertiary/aromatic N) is 4. The number of pyridine rings is 1. The van der Waals surface area contributed by atoms with Crippen LogP contribution in [0.3, 0.4) is 0 Å². The molecule has 2 aromatic rings. The first-order chi connectivity index (χ1) is 11.6. The van der Waals surface area contributed by atoms with Crippen LogP contribution in [0.5, 0.6) is 0 Å². The maximum Gasteiger partial charge on any atom is 0.322 e. The third kappa shape index (κ3) is 3.93. The zero-order valence-electron chi connectivity index (χ0n) is 14.4. The second-order valence-electron chi connectivity index (χ2n) is 6.51. The summed E-state index contributed by atoms with van der Waals surface area (Å²) in [4.78, 5) is 19.1. The normalized spacial score (nSPS) is 15.2. The number of nitrogens with one attached hydrogen (secondary N) is 1. The van der Waals surface area contributed by atoms with Gasteiger partial charge in [0.15, 0.2) is 0 Å². The molecule has 128 valence electrons. The maximum absolute atomic E-state index is 12.9. The molecular weight excluding hydrogens is 302 g/mol. The number of rotatable bonds is 4. The second kappa shape index (κ2) is 7.47. The average Bonchev–Trinajstić information content (AvgIpc) is 2.91. The van der Waals surface area contributed by atoms with E-state index in [1.807, 2.05) is 43.4 Å². The van der Waals surface area contributed by atoms with Gasteiger partial charge in [0.1, 0.15) is 0 Å². The van der Waals surface area contributed by atoms with Crippen LogP contribution in [0, 0.1) is 6.92 Å². The van der Waals surface area contributed by atoms with Crippen LogP contribution in [0.1, 0.15) is 43.4 Å². The van der Waals surface area contributed by atoms with Gasteiger partial charge in [-0.25, -0.2) is 4.79 Å². The first-order valence-electron chi connectivity index (χ1n) is 8.60. The Hall–Kier alpha value is -2.37. The third-order valence-electron chi connectivity index (χ3n) is 4.61. The Morgan fingerprint density at radius 1 is 1.38 bits per heavy atom. The predicted octanol–water partition coefficient (Wildman–Crippen LogP) is 3.49. The van der Waals surface area contributed by atoms with E-state index < -0.39 is 0 Å². The Bertz CT molecular complexity index is 676. The van der Waals surface area contributed by atoms with Crippen molar-refractivity contribution < 1.29 is 4.79 Å². The minimum absolute atomic E-state index is 0.0538. The lowest BCUT2D eigenvalue weighted by atomic mass is 9.94. The molecule has 0 saturated heterocycles. The summed E-state index contributed by atoms with van der Waals surface area (Å²) >= 11 is 0. The monoisotopic (exact) mass is 327 g/mol. The fourth-order valence-corrected chi connectivity index (χ4v) is 3.36. The van der Waals surface area contributed by atoms with Crippen molar-refractivity contribution in [3.05, 3.63) is 42.0 Å². The van der Waals surface area contributed by atoms with E-state index in [2.05, 4.69) is 15.4 Å². The van der Waals surface area contributed by atoms with E-state index >= 15 is 0 Å². The van der Waals surface area contributed by atoms with E-state index in [-0.39, 0.29) is 12.1 Å². The fourth-order valence-electron chi connectivity index (χ4n) is 3.36. The summed E-state index contributed by atoms with van der Waals surface area (Å²) in [7, 11) is 1.86. The molecule has 1 fully saturated rings. The molecule has 0 radical (unpaired) electrons. The molecule has 0 unspecified atom stereocenters. The van der Waals surface area contributed by atoms with Crippen LogP contribution in [0.4, 0.5) is 10.5 Å². The van der Waals surface area contributed by atoms with E-state index in [4.69, 9.17) is 0 Å². The summed E-state index contributed by atoms with van der Waals surface area (Å²) < 4.78 is 1.72. The van der Waals surface area contributed by atoms with Crippen molar-refractivity contribution in [2.24, 2.45) is 7.05 Å². The standard InChI is InChI=1S/C18H25N5O/c1-14-17(13-22(2)21-14)20-18(24)23(16-8-4-3-5-9-16)12-15-7-6-10-19-11-15/h6-7,10-11,13,16H,3-5,8-9,12H2,1-2H3,(H,20,24). The molecule has 6 nitrogen and oxygen atoms in total. The van der Waals surface area contributed by atoms with Crippen LogP contribution in [-0.4, -0.2) is 31.7 Å². The van der Waals surface area contributed by atoms with Gasteiger partial charge in [-0.2, -0.15) is 5.10 Å². The van der Waals surface area contributed by atoms with E-state index in [1.165, 1.54) is 19.3 Å². The molecule has 1 aliphatic rings. The maximum atomic E-state index is 12.9. The van der Waals surface area contributed by atoms with Crippen molar-refractivity contribution in [2.75, 3.05) is 5.32 Å². The highest BCUT2D eigenvalue weighted by Gasteiger charge is 2.26. The number of aryl methyl sites for hydroxylation is 2. The second-order valence-corrected chi connectivity index (χ2v) is 6.51. The Kier molecular flexibility index (Phi) is 5.13. The molecule has 3 rings (SSSR count). The van der Waals surface area contributed by atoms with Gasteiger partial charge in [0.05, 0.1) is 11.4 Å². The Morgan fingerprint density at radius 3 is 2.79 bits per heavy atom. The first kappa shape index (κ1) is 16.5. The number of anilines is 1. The van der Waals surface area contributed by atoms with Gasteiger partial charge >= 0.3 is 6.03 Å². The van der Waals surface area contributed by atoms with Crippen LogP contribution in [0.15, 0.2) is 30.7 Å². The number of aromatic nitrogens is 3. The minimum Gasteiger partial charge on any atom is -0.317 e. The lowest BCUT2D eigenvalue weighted by molar-refractivity contribution is 0.162. The van der Waals surface area contributed by atoms with Crippen LogP contribution in [-0.2, 0) is 13.6 Å². The molecule has 0 aliphatic heterocycles. The third-order valence-corrected chi connectivity index (χ3v) is 4.61. The Labute approximate surface area is 142 Å². The highest BCUT2D eigenvalue weighted by molar-refractivity contribution is 5.90. The molecule has 0 spiro atoms. The van der Waals surface area contributed by atoms with Gasteiger partial charge in [-0.05, 0) is 31.4 Å². The van der Waals surface area contributed by atoms with Gasteiger partial charge in [-0.15, -0.1) is 0 Å². The quantitative estimate of drug-likeness (QED) is 0.935. The van der Waals surface area contributed by atoms with Crippen LogP contribution < -0.4 is 5.32 Å². The molecule has 1 saturated carbocycles. The van der Waals surface area contributed by atoms with E-state index in [0.29, 0.717) is 6.54 Å². The topological polar surface area (TPSA) is 63.1 Å². The van der Waals surface area contributed by atoms with Crippen LogP contribution >= 0.6 is 0 Å². The summed E-state index contributed by atoms with van der Waals surface area (Å²) in [6.45, 7) is 2.49. The Balaban J connectivity index is 1.77. The smallest absolute Gasteiger partial charge is 0.317 e. The summed E-state index contributed by atoms with van der Waals surface area (Å²) in [6, 6.07) is 4.17. The fraction of sp³-hybridized carbons (Fsp3) is 0.500. The van der Waals surface area contributed by atoms with Crippen molar-refractivity contribution in [3.63, 3.8) is 0 Å². The number of carbonyl (C=O) groups excluding carboxylic acids is 1. The summed E-state index contributed by atoms with van der Waals surface area (Å²) in [6.07, 6.45) is 11.2. The summed E-state index contributed by atoms with van der Waals surface area (Å²) in [5.41, 5.74) is 2.66. The molecular formula is C18H25N5O. The molecule has 0 aromatic carbocycles. The highest BCUT2D eigenvalue weighted by Crippen LogP contribution is 2.25. The van der Waals surface area contributed by atoms with Gasteiger partial charge in [0, 0.05) is 38.2 Å². The van der Waals surface area contributed by atoms with E-state index in [9.17, 15) is 4.79 Å². The van der Waals surface area contributed by atoms with Crippen molar-refractivity contribution in [2.45, 2.75) is 51.6 Å². The number of hydrogen-bond donors (Lipinski definition) is 1. The SMILES string of the molecule is Cc1nn(C)cc1NC(=O)N(Cc1cccnc1)C1CCCCC1. The molecule has 2 amide bonds. The van der Waals surface area contributed by atoms with E-state index in [1.54, 1.807) is 10.9 Å². The number of amides is 2. The number of hydrogen-bond acceptors (Lipinski definition) is 3. The van der Waals surface area contributed by atoms with Crippen molar-refractivity contribution in [3.8, 4) is 0 Å². The molecule has 0 atom stereocenters. The molecule has 1 aliphatic carbocycles. The van der Waals surface area contributed by atoms with Crippen molar-refractivity contribution in [1.82, 2.24) is 19.7 Å². The minimum atomic E-state index is -0.0538. The Morgan fingerprint density at radius 2 is 2.17 bits per heavy atom. The lowest BCUT2D eigenvalue weighted by Gasteiger charge is -2.34. The molecule has 0 bridgehead atoms. The zero-order valence-corrected chi connectivity index (χ0v) is 14.4. The van der Waals surface area contributed by atoms with Crippen LogP contribution in [0.25, 0.3) is 0 Å².